The number of hydrogen-bond donors (Lipinski definition) is 1. The van der Waals surface area contributed by atoms with Crippen molar-refractivity contribution in [3.05, 3.63) is 15.8 Å². The minimum absolute atomic E-state index is 0.0180. The Bertz CT molecular complexity index is 456. The third kappa shape index (κ3) is 2.61. The Morgan fingerprint density at radius 2 is 2.31 bits per heavy atom. The summed E-state index contributed by atoms with van der Waals surface area (Å²) in [6.07, 6.45) is 5.00. The smallest absolute Gasteiger partial charge is 0.350 e. The standard InChI is InChI=1S/C11H11NO3S/c1-4-5-8(13)12-9-7(2)6-16-10(9)11(14)15-3/h1,6H,5H2,2-3H3,(H,12,13). The fraction of sp³-hybridized carbons (Fsp3) is 0.273. The van der Waals surface area contributed by atoms with Crippen molar-refractivity contribution in [1.82, 2.24) is 0 Å². The molecule has 0 aliphatic carbocycles. The maximum Gasteiger partial charge on any atom is 0.350 e. The summed E-state index contributed by atoms with van der Waals surface area (Å²) in [5.41, 5.74) is 1.30. The van der Waals surface area contributed by atoms with Crippen LogP contribution in [0, 0.1) is 19.3 Å². The fourth-order valence-corrected chi connectivity index (χ4v) is 2.04. The van der Waals surface area contributed by atoms with Gasteiger partial charge in [-0.2, -0.15) is 0 Å². The van der Waals surface area contributed by atoms with Crippen molar-refractivity contribution < 1.29 is 14.3 Å². The van der Waals surface area contributed by atoms with E-state index in [1.54, 1.807) is 12.3 Å². The summed E-state index contributed by atoms with van der Waals surface area (Å²) < 4.78 is 4.61. The van der Waals surface area contributed by atoms with Gasteiger partial charge in [-0.05, 0) is 17.9 Å². The highest BCUT2D eigenvalue weighted by Gasteiger charge is 2.17. The van der Waals surface area contributed by atoms with Crippen LogP contribution < -0.4 is 5.32 Å². The second kappa shape index (κ2) is 5.33. The van der Waals surface area contributed by atoms with Crippen molar-refractivity contribution >= 4 is 28.9 Å². The van der Waals surface area contributed by atoms with Crippen molar-refractivity contribution in [1.29, 1.82) is 0 Å². The number of nitrogens with one attached hydrogen (secondary N) is 1. The molecule has 0 spiro atoms. The van der Waals surface area contributed by atoms with Crippen LogP contribution in [0.5, 0.6) is 0 Å². The van der Waals surface area contributed by atoms with Crippen LogP contribution in [0.2, 0.25) is 0 Å². The lowest BCUT2D eigenvalue weighted by Gasteiger charge is -2.05. The number of esters is 1. The molecule has 0 radical (unpaired) electrons. The van der Waals surface area contributed by atoms with Gasteiger partial charge >= 0.3 is 5.97 Å². The summed E-state index contributed by atoms with van der Waals surface area (Å²) >= 11 is 1.23. The maximum atomic E-state index is 11.4. The number of carbonyl (C=O) groups is 2. The van der Waals surface area contributed by atoms with Crippen LogP contribution in [0.3, 0.4) is 0 Å². The summed E-state index contributed by atoms with van der Waals surface area (Å²) in [7, 11) is 1.30. The molecule has 1 N–H and O–H groups in total. The summed E-state index contributed by atoms with van der Waals surface area (Å²) in [6.45, 7) is 1.80. The van der Waals surface area contributed by atoms with E-state index >= 15 is 0 Å². The monoisotopic (exact) mass is 237 g/mol. The van der Waals surface area contributed by atoms with E-state index < -0.39 is 5.97 Å². The SMILES string of the molecule is C#CCC(=O)Nc1c(C)csc1C(=O)OC. The quantitative estimate of drug-likeness (QED) is 0.644. The van der Waals surface area contributed by atoms with E-state index in [1.165, 1.54) is 18.4 Å². The highest BCUT2D eigenvalue weighted by molar-refractivity contribution is 7.12. The first-order chi connectivity index (χ1) is 7.60. The average Bonchev–Trinajstić information content (AvgIpc) is 2.60. The molecule has 0 fully saturated rings. The van der Waals surface area contributed by atoms with E-state index in [9.17, 15) is 9.59 Å². The third-order valence-corrected chi connectivity index (χ3v) is 2.95. The van der Waals surface area contributed by atoms with Gasteiger partial charge in [0.15, 0.2) is 0 Å². The van der Waals surface area contributed by atoms with E-state index in [1.807, 2.05) is 0 Å². The maximum absolute atomic E-state index is 11.4. The molecule has 0 saturated heterocycles. The van der Waals surface area contributed by atoms with Crippen LogP contribution in [0.15, 0.2) is 5.38 Å². The van der Waals surface area contributed by atoms with E-state index in [-0.39, 0.29) is 12.3 Å². The molecule has 0 aliphatic heterocycles. The fourth-order valence-electron chi connectivity index (χ4n) is 1.12. The van der Waals surface area contributed by atoms with Gasteiger partial charge in [0.1, 0.15) is 4.88 Å². The van der Waals surface area contributed by atoms with Gasteiger partial charge in [-0.15, -0.1) is 17.8 Å². The average molecular weight is 237 g/mol. The first-order valence-electron chi connectivity index (χ1n) is 4.49. The van der Waals surface area contributed by atoms with Crippen LogP contribution >= 0.6 is 11.3 Å². The van der Waals surface area contributed by atoms with Crippen LogP contribution in [0.25, 0.3) is 0 Å². The highest BCUT2D eigenvalue weighted by Crippen LogP contribution is 2.28. The number of amides is 1. The molecule has 16 heavy (non-hydrogen) atoms. The number of methoxy groups -OCH3 is 1. The Hall–Kier alpha value is -1.80. The number of carbonyl (C=O) groups excluding carboxylic acids is 2. The molecule has 1 heterocycles. The predicted molar refractivity (Wildman–Crippen MR) is 62.5 cm³/mol. The minimum Gasteiger partial charge on any atom is -0.465 e. The molecule has 0 aromatic carbocycles. The molecular weight excluding hydrogens is 226 g/mol. The Labute approximate surface area is 97.6 Å². The largest absolute Gasteiger partial charge is 0.465 e. The number of rotatable bonds is 3. The first kappa shape index (κ1) is 12.3. The van der Waals surface area contributed by atoms with Gasteiger partial charge in [-0.1, -0.05) is 5.92 Å². The molecule has 0 bridgehead atoms. The molecule has 0 unspecified atom stereocenters. The molecule has 1 aromatic heterocycles. The summed E-state index contributed by atoms with van der Waals surface area (Å²) in [4.78, 5) is 23.1. The Balaban J connectivity index is 2.95. The number of hydrogen-bond acceptors (Lipinski definition) is 4. The van der Waals surface area contributed by atoms with Crippen molar-refractivity contribution in [2.24, 2.45) is 0 Å². The number of terminal acetylenes is 1. The molecule has 4 nitrogen and oxygen atoms in total. The van der Waals surface area contributed by atoms with Gasteiger partial charge in [0.25, 0.3) is 0 Å². The van der Waals surface area contributed by atoms with Gasteiger partial charge in [0.2, 0.25) is 5.91 Å². The lowest BCUT2D eigenvalue weighted by atomic mass is 10.2. The molecule has 5 heteroatoms. The van der Waals surface area contributed by atoms with E-state index in [0.29, 0.717) is 10.6 Å². The molecule has 1 amide bonds. The van der Waals surface area contributed by atoms with Crippen LogP contribution in [-0.4, -0.2) is 19.0 Å². The normalized spacial score (nSPS) is 9.31. The highest BCUT2D eigenvalue weighted by atomic mass is 32.1. The minimum atomic E-state index is -0.464. The molecule has 0 aliphatic rings. The molecule has 0 atom stereocenters. The molecule has 84 valence electrons. The Kier molecular flexibility index (Phi) is 4.09. The Morgan fingerprint density at radius 3 is 2.88 bits per heavy atom. The zero-order valence-corrected chi connectivity index (χ0v) is 9.81. The second-order valence-corrected chi connectivity index (χ2v) is 3.92. The van der Waals surface area contributed by atoms with Crippen LogP contribution in [0.1, 0.15) is 21.7 Å². The summed E-state index contributed by atoms with van der Waals surface area (Å²) in [6, 6.07) is 0. The molecule has 1 aromatic rings. The number of aryl methyl sites for hydroxylation is 1. The third-order valence-electron chi connectivity index (χ3n) is 1.87. The first-order valence-corrected chi connectivity index (χ1v) is 5.37. The van der Waals surface area contributed by atoms with Crippen LogP contribution in [0.4, 0.5) is 5.69 Å². The molecular formula is C11H11NO3S. The molecule has 1 rings (SSSR count). The number of anilines is 1. The van der Waals surface area contributed by atoms with Gasteiger partial charge in [-0.3, -0.25) is 4.79 Å². The van der Waals surface area contributed by atoms with Crippen molar-refractivity contribution in [2.45, 2.75) is 13.3 Å². The topological polar surface area (TPSA) is 55.4 Å². The van der Waals surface area contributed by atoms with Crippen molar-refractivity contribution in [3.63, 3.8) is 0 Å². The van der Waals surface area contributed by atoms with Gasteiger partial charge in [-0.25, -0.2) is 4.79 Å². The van der Waals surface area contributed by atoms with Gasteiger partial charge < -0.3 is 10.1 Å². The van der Waals surface area contributed by atoms with Crippen LogP contribution in [-0.2, 0) is 9.53 Å². The van der Waals surface area contributed by atoms with Crippen molar-refractivity contribution in [2.75, 3.05) is 12.4 Å². The number of thiophene rings is 1. The lowest BCUT2D eigenvalue weighted by molar-refractivity contribution is -0.115. The van der Waals surface area contributed by atoms with E-state index in [2.05, 4.69) is 16.0 Å². The van der Waals surface area contributed by atoms with Gasteiger partial charge in [0, 0.05) is 0 Å². The number of ether oxygens (including phenoxy) is 1. The zero-order valence-electron chi connectivity index (χ0n) is 8.99. The summed E-state index contributed by atoms with van der Waals surface area (Å²) in [5, 5.41) is 4.38. The molecule has 0 saturated carbocycles. The Morgan fingerprint density at radius 1 is 1.62 bits per heavy atom. The van der Waals surface area contributed by atoms with Crippen molar-refractivity contribution in [3.8, 4) is 12.3 Å². The van der Waals surface area contributed by atoms with E-state index in [4.69, 9.17) is 6.42 Å². The zero-order chi connectivity index (χ0) is 12.1. The predicted octanol–water partition coefficient (Wildman–Crippen LogP) is 1.80. The van der Waals surface area contributed by atoms with Gasteiger partial charge in [0.05, 0.1) is 19.2 Å². The summed E-state index contributed by atoms with van der Waals surface area (Å²) in [5.74, 6) is 1.46. The second-order valence-electron chi connectivity index (χ2n) is 3.04. The lowest BCUT2D eigenvalue weighted by Crippen LogP contribution is -2.13. The van der Waals surface area contributed by atoms with E-state index in [0.717, 1.165) is 5.56 Å².